The van der Waals surface area contributed by atoms with Crippen molar-refractivity contribution in [3.05, 3.63) is 47.4 Å². The van der Waals surface area contributed by atoms with Gasteiger partial charge in [-0.25, -0.2) is 9.97 Å². The number of anilines is 2. The molecule has 0 atom stereocenters. The van der Waals surface area contributed by atoms with E-state index in [4.69, 9.17) is 0 Å². The Kier molecular flexibility index (Phi) is 6.92. The lowest BCUT2D eigenvalue weighted by Gasteiger charge is -2.14. The lowest BCUT2D eigenvalue weighted by atomic mass is 10.0. The Morgan fingerprint density at radius 3 is 2.64 bits per heavy atom. The summed E-state index contributed by atoms with van der Waals surface area (Å²) in [6.45, 7) is 9.04. The minimum atomic E-state index is -0.213. The van der Waals surface area contributed by atoms with E-state index in [1.807, 2.05) is 24.3 Å². The van der Waals surface area contributed by atoms with E-state index in [9.17, 15) is 4.79 Å². The minimum absolute atomic E-state index is 0.213. The van der Waals surface area contributed by atoms with E-state index in [2.05, 4.69) is 41.4 Å². The number of carbonyl (C=O) groups is 1. The molecule has 1 heterocycles. The van der Waals surface area contributed by atoms with Crippen molar-refractivity contribution in [1.29, 1.82) is 0 Å². The maximum Gasteiger partial charge on any atom is 0.274 e. The number of amides is 1. The standard InChI is InChI=1S/C20H28N4O/c1-5-6-9-12-21-19-13-18(22-15(4)23-19)20(25)24-17-11-8-7-10-16(17)14(2)3/h7-8,10-11,13-14H,5-6,9,12H2,1-4H3,(H,24,25)(H,21,22,23). The summed E-state index contributed by atoms with van der Waals surface area (Å²) in [5, 5.41) is 6.26. The Morgan fingerprint density at radius 1 is 1.16 bits per heavy atom. The highest BCUT2D eigenvalue weighted by Gasteiger charge is 2.13. The van der Waals surface area contributed by atoms with Crippen LogP contribution in [-0.2, 0) is 0 Å². The summed E-state index contributed by atoms with van der Waals surface area (Å²) < 4.78 is 0. The van der Waals surface area contributed by atoms with Crippen LogP contribution in [-0.4, -0.2) is 22.4 Å². The lowest BCUT2D eigenvalue weighted by molar-refractivity contribution is 0.102. The van der Waals surface area contributed by atoms with Crippen molar-refractivity contribution in [2.75, 3.05) is 17.2 Å². The van der Waals surface area contributed by atoms with Crippen molar-refractivity contribution in [3.8, 4) is 0 Å². The molecule has 0 radical (unpaired) electrons. The number of benzene rings is 1. The Labute approximate surface area is 150 Å². The van der Waals surface area contributed by atoms with Crippen LogP contribution in [0.15, 0.2) is 30.3 Å². The van der Waals surface area contributed by atoms with Gasteiger partial charge in [0.25, 0.3) is 5.91 Å². The number of hydrogen-bond acceptors (Lipinski definition) is 4. The van der Waals surface area contributed by atoms with Gasteiger partial charge in [0.1, 0.15) is 17.3 Å². The molecule has 0 fully saturated rings. The molecule has 1 amide bonds. The fourth-order valence-corrected chi connectivity index (χ4v) is 2.67. The van der Waals surface area contributed by atoms with Gasteiger partial charge >= 0.3 is 0 Å². The first kappa shape index (κ1) is 18.9. The fourth-order valence-electron chi connectivity index (χ4n) is 2.67. The Morgan fingerprint density at radius 2 is 1.92 bits per heavy atom. The molecule has 0 aliphatic carbocycles. The van der Waals surface area contributed by atoms with Gasteiger partial charge in [-0.05, 0) is 30.9 Å². The number of hydrogen-bond donors (Lipinski definition) is 2. The van der Waals surface area contributed by atoms with Crippen LogP contribution in [0.4, 0.5) is 11.5 Å². The maximum atomic E-state index is 12.6. The third-order valence-corrected chi connectivity index (χ3v) is 3.99. The predicted molar refractivity (Wildman–Crippen MR) is 103 cm³/mol. The molecule has 5 nitrogen and oxygen atoms in total. The Bertz CT molecular complexity index is 713. The zero-order valence-corrected chi connectivity index (χ0v) is 15.6. The second-order valence-corrected chi connectivity index (χ2v) is 6.52. The molecular formula is C20H28N4O. The van der Waals surface area contributed by atoms with Crippen molar-refractivity contribution < 1.29 is 4.79 Å². The molecule has 0 bridgehead atoms. The molecule has 0 spiro atoms. The van der Waals surface area contributed by atoms with Crippen LogP contribution in [0.1, 0.15) is 67.8 Å². The van der Waals surface area contributed by atoms with Gasteiger partial charge < -0.3 is 10.6 Å². The quantitative estimate of drug-likeness (QED) is 0.680. The van der Waals surface area contributed by atoms with Crippen LogP contribution >= 0.6 is 0 Å². The van der Waals surface area contributed by atoms with Gasteiger partial charge in [-0.1, -0.05) is 51.8 Å². The smallest absolute Gasteiger partial charge is 0.274 e. The molecular weight excluding hydrogens is 312 g/mol. The number of rotatable bonds is 8. The molecule has 1 aromatic carbocycles. The van der Waals surface area contributed by atoms with Gasteiger partial charge in [0.15, 0.2) is 0 Å². The highest BCUT2D eigenvalue weighted by molar-refractivity contribution is 6.03. The Hall–Kier alpha value is -2.43. The summed E-state index contributed by atoms with van der Waals surface area (Å²) in [6.07, 6.45) is 3.44. The third-order valence-electron chi connectivity index (χ3n) is 3.99. The van der Waals surface area contributed by atoms with Crippen LogP contribution in [0.3, 0.4) is 0 Å². The van der Waals surface area contributed by atoms with Crippen molar-refractivity contribution in [1.82, 2.24) is 9.97 Å². The van der Waals surface area contributed by atoms with Crippen LogP contribution in [0.5, 0.6) is 0 Å². The SMILES string of the molecule is CCCCCNc1cc(C(=O)Nc2ccccc2C(C)C)nc(C)n1. The molecule has 0 unspecified atom stereocenters. The summed E-state index contributed by atoms with van der Waals surface area (Å²) >= 11 is 0. The summed E-state index contributed by atoms with van der Waals surface area (Å²) in [5.74, 6) is 1.41. The average Bonchev–Trinajstić information content (AvgIpc) is 2.58. The molecule has 5 heteroatoms. The van der Waals surface area contributed by atoms with Crippen LogP contribution in [0.25, 0.3) is 0 Å². The van der Waals surface area contributed by atoms with Crippen molar-refractivity contribution in [2.24, 2.45) is 0 Å². The summed E-state index contributed by atoms with van der Waals surface area (Å²) in [5.41, 5.74) is 2.32. The number of nitrogens with one attached hydrogen (secondary N) is 2. The average molecular weight is 340 g/mol. The predicted octanol–water partition coefficient (Wildman–Crippen LogP) is 4.76. The van der Waals surface area contributed by atoms with E-state index in [0.717, 1.165) is 24.2 Å². The molecule has 25 heavy (non-hydrogen) atoms. The molecule has 2 aromatic rings. The molecule has 0 aliphatic heterocycles. The summed E-state index contributed by atoms with van der Waals surface area (Å²) in [4.78, 5) is 21.3. The first-order valence-electron chi connectivity index (χ1n) is 9.01. The van der Waals surface area contributed by atoms with E-state index in [1.54, 1.807) is 13.0 Å². The topological polar surface area (TPSA) is 66.9 Å². The number of carbonyl (C=O) groups excluding carboxylic acids is 1. The van der Waals surface area contributed by atoms with Crippen LogP contribution < -0.4 is 10.6 Å². The van der Waals surface area contributed by atoms with E-state index in [1.165, 1.54) is 12.8 Å². The second-order valence-electron chi connectivity index (χ2n) is 6.52. The first-order chi connectivity index (χ1) is 12.0. The van der Waals surface area contributed by atoms with E-state index < -0.39 is 0 Å². The molecule has 0 saturated heterocycles. The van der Waals surface area contributed by atoms with Gasteiger partial charge in [-0.2, -0.15) is 0 Å². The summed E-state index contributed by atoms with van der Waals surface area (Å²) in [6, 6.07) is 9.58. The molecule has 2 rings (SSSR count). The molecule has 0 aliphatic rings. The van der Waals surface area contributed by atoms with Gasteiger partial charge in [-0.15, -0.1) is 0 Å². The van der Waals surface area contributed by atoms with Gasteiger partial charge in [0.05, 0.1) is 0 Å². The molecule has 134 valence electrons. The monoisotopic (exact) mass is 340 g/mol. The number of aryl methyl sites for hydroxylation is 1. The minimum Gasteiger partial charge on any atom is -0.370 e. The van der Waals surface area contributed by atoms with Gasteiger partial charge in [0, 0.05) is 18.3 Å². The third kappa shape index (κ3) is 5.55. The van der Waals surface area contributed by atoms with Gasteiger partial charge in [-0.3, -0.25) is 4.79 Å². The highest BCUT2D eigenvalue weighted by Crippen LogP contribution is 2.24. The number of nitrogens with zero attached hydrogens (tertiary/aromatic N) is 2. The maximum absolute atomic E-state index is 12.6. The zero-order chi connectivity index (χ0) is 18.2. The highest BCUT2D eigenvalue weighted by atomic mass is 16.1. The van der Waals surface area contributed by atoms with E-state index >= 15 is 0 Å². The normalized spacial score (nSPS) is 10.8. The molecule has 0 saturated carbocycles. The number of aromatic nitrogens is 2. The van der Waals surface area contributed by atoms with E-state index in [-0.39, 0.29) is 5.91 Å². The van der Waals surface area contributed by atoms with Crippen molar-refractivity contribution in [2.45, 2.75) is 52.9 Å². The first-order valence-corrected chi connectivity index (χ1v) is 9.01. The lowest BCUT2D eigenvalue weighted by Crippen LogP contribution is -2.17. The van der Waals surface area contributed by atoms with Crippen LogP contribution in [0.2, 0.25) is 0 Å². The van der Waals surface area contributed by atoms with Crippen molar-refractivity contribution >= 4 is 17.4 Å². The number of unbranched alkanes of at least 4 members (excludes halogenated alkanes) is 2. The Balaban J connectivity index is 2.12. The molecule has 1 aromatic heterocycles. The van der Waals surface area contributed by atoms with Crippen molar-refractivity contribution in [3.63, 3.8) is 0 Å². The molecule has 2 N–H and O–H groups in total. The fraction of sp³-hybridized carbons (Fsp3) is 0.450. The van der Waals surface area contributed by atoms with Crippen LogP contribution in [0, 0.1) is 6.92 Å². The largest absolute Gasteiger partial charge is 0.370 e. The van der Waals surface area contributed by atoms with E-state index in [0.29, 0.717) is 23.3 Å². The zero-order valence-electron chi connectivity index (χ0n) is 15.6. The van der Waals surface area contributed by atoms with Gasteiger partial charge in [0.2, 0.25) is 0 Å². The summed E-state index contributed by atoms with van der Waals surface area (Å²) in [7, 11) is 0. The second kappa shape index (κ2) is 9.16. The number of para-hydroxylation sites is 1.